The first-order valence-electron chi connectivity index (χ1n) is 10.4. The van der Waals surface area contributed by atoms with E-state index in [1.165, 1.54) is 4.90 Å². The Hall–Kier alpha value is -2.83. The molecule has 4 rings (SSSR count). The molecule has 0 spiro atoms. The lowest BCUT2D eigenvalue weighted by Crippen LogP contribution is -2.42. The molecule has 2 unspecified atom stereocenters. The summed E-state index contributed by atoms with van der Waals surface area (Å²) < 4.78 is 5.74. The lowest BCUT2D eigenvalue weighted by molar-refractivity contribution is -0.129. The third kappa shape index (κ3) is 4.75. The summed E-state index contributed by atoms with van der Waals surface area (Å²) >= 11 is 1.54. The van der Waals surface area contributed by atoms with Crippen LogP contribution in [0.15, 0.2) is 30.5 Å². The number of ether oxygens (including phenoxy) is 1. The minimum absolute atomic E-state index is 0.137. The molecule has 162 valence electrons. The number of hydrogen-bond donors (Lipinski definition) is 1. The van der Waals surface area contributed by atoms with Crippen LogP contribution < -0.4 is 10.2 Å². The summed E-state index contributed by atoms with van der Waals surface area (Å²) in [6.07, 6.45) is 2.69. The van der Waals surface area contributed by atoms with Crippen molar-refractivity contribution in [3.63, 3.8) is 0 Å². The van der Waals surface area contributed by atoms with Crippen molar-refractivity contribution in [3.05, 3.63) is 36.0 Å². The molecule has 9 heteroatoms. The number of carbonyl (C=O) groups excluding carboxylic acids is 2. The van der Waals surface area contributed by atoms with Gasteiger partial charge in [-0.15, -0.1) is 11.8 Å². The number of carbonyl (C=O) groups is 2. The molecule has 8 nitrogen and oxygen atoms in total. The first kappa shape index (κ1) is 21.4. The van der Waals surface area contributed by atoms with E-state index in [0.29, 0.717) is 17.2 Å². The van der Waals surface area contributed by atoms with Gasteiger partial charge in [-0.1, -0.05) is 0 Å². The summed E-state index contributed by atoms with van der Waals surface area (Å²) in [5, 5.41) is 12.6. The van der Waals surface area contributed by atoms with Crippen molar-refractivity contribution >= 4 is 40.2 Å². The van der Waals surface area contributed by atoms with Gasteiger partial charge in [-0.25, -0.2) is 0 Å². The first-order chi connectivity index (χ1) is 15.1. The Balaban J connectivity index is 1.52. The molecular formula is C22H25N5O3S. The van der Waals surface area contributed by atoms with Gasteiger partial charge in [0.05, 0.1) is 35.7 Å². The monoisotopic (exact) mass is 439 g/mol. The molecule has 0 radical (unpaired) electrons. The molecule has 1 aromatic carbocycles. The van der Waals surface area contributed by atoms with Crippen LogP contribution in [0.25, 0.3) is 10.9 Å². The van der Waals surface area contributed by atoms with Crippen molar-refractivity contribution in [2.24, 2.45) is 0 Å². The Morgan fingerprint density at radius 1 is 1.39 bits per heavy atom. The molecule has 2 aromatic rings. The normalized spacial score (nSPS) is 21.5. The topological polar surface area (TPSA) is 98.6 Å². The average molecular weight is 440 g/mol. The second kappa shape index (κ2) is 9.54. The summed E-state index contributed by atoms with van der Waals surface area (Å²) in [4.78, 5) is 33.5. The molecule has 2 saturated heterocycles. The second-order valence-corrected chi connectivity index (χ2v) is 8.73. The van der Waals surface area contributed by atoms with Crippen molar-refractivity contribution in [1.82, 2.24) is 15.2 Å². The van der Waals surface area contributed by atoms with Crippen molar-refractivity contribution in [2.45, 2.75) is 25.5 Å². The van der Waals surface area contributed by atoms with Crippen LogP contribution in [-0.2, 0) is 9.53 Å². The fraction of sp³-hybridized carbons (Fsp3) is 0.455. The zero-order valence-corrected chi connectivity index (χ0v) is 18.2. The number of anilines is 1. The summed E-state index contributed by atoms with van der Waals surface area (Å²) in [5.41, 5.74) is 2.22. The van der Waals surface area contributed by atoms with Crippen LogP contribution in [0.4, 0.5) is 5.69 Å². The summed E-state index contributed by atoms with van der Waals surface area (Å²) in [6, 6.07) is 9.30. The molecule has 2 amide bonds. The number of fused-ring (bicyclic) bond motifs is 1. The zero-order valence-electron chi connectivity index (χ0n) is 17.4. The van der Waals surface area contributed by atoms with Gasteiger partial charge in [0, 0.05) is 42.7 Å². The summed E-state index contributed by atoms with van der Waals surface area (Å²) in [5.74, 6) is 0.508. The van der Waals surface area contributed by atoms with Crippen LogP contribution in [0.3, 0.4) is 0 Å². The first-order valence-corrected chi connectivity index (χ1v) is 11.5. The number of nitrogens with zero attached hydrogens (tertiary/aromatic N) is 4. The average Bonchev–Trinajstić information content (AvgIpc) is 3.17. The zero-order chi connectivity index (χ0) is 21.8. The highest BCUT2D eigenvalue weighted by Crippen LogP contribution is 2.25. The van der Waals surface area contributed by atoms with Gasteiger partial charge >= 0.3 is 0 Å². The number of benzene rings is 1. The molecule has 2 fully saturated rings. The van der Waals surface area contributed by atoms with Crippen LogP contribution in [0, 0.1) is 11.3 Å². The van der Waals surface area contributed by atoms with Gasteiger partial charge in [0.1, 0.15) is 6.04 Å². The van der Waals surface area contributed by atoms with Gasteiger partial charge in [0.25, 0.3) is 5.91 Å². The molecule has 0 aliphatic carbocycles. The highest BCUT2D eigenvalue weighted by atomic mass is 32.2. The van der Waals surface area contributed by atoms with Gasteiger partial charge in [-0.2, -0.15) is 5.26 Å². The number of nitriles is 1. The van der Waals surface area contributed by atoms with Gasteiger partial charge in [-0.3, -0.25) is 14.6 Å². The van der Waals surface area contributed by atoms with Crippen molar-refractivity contribution in [3.8, 4) is 6.07 Å². The number of rotatable bonds is 4. The fourth-order valence-electron chi connectivity index (χ4n) is 3.91. The van der Waals surface area contributed by atoms with E-state index in [4.69, 9.17) is 10.00 Å². The SMILES string of the molecule is CC1CN(c2ccc3nccc(C(=O)NCC(=O)N4CSCC4C#N)c3c2)CCCO1. The molecule has 1 N–H and O–H groups in total. The second-order valence-electron chi connectivity index (χ2n) is 7.73. The lowest BCUT2D eigenvalue weighted by atomic mass is 10.1. The van der Waals surface area contributed by atoms with Crippen LogP contribution in [-0.4, -0.2) is 71.7 Å². The highest BCUT2D eigenvalue weighted by Gasteiger charge is 2.29. The Morgan fingerprint density at radius 3 is 3.10 bits per heavy atom. The molecule has 2 aliphatic rings. The largest absolute Gasteiger partial charge is 0.377 e. The smallest absolute Gasteiger partial charge is 0.252 e. The quantitative estimate of drug-likeness (QED) is 0.778. The van der Waals surface area contributed by atoms with E-state index in [-0.39, 0.29) is 24.5 Å². The van der Waals surface area contributed by atoms with Crippen LogP contribution in [0.2, 0.25) is 0 Å². The van der Waals surface area contributed by atoms with E-state index < -0.39 is 6.04 Å². The van der Waals surface area contributed by atoms with Crippen LogP contribution in [0.5, 0.6) is 0 Å². The maximum absolute atomic E-state index is 12.9. The third-order valence-electron chi connectivity index (χ3n) is 5.54. The maximum atomic E-state index is 12.9. The van der Waals surface area contributed by atoms with Gasteiger partial charge in [0.2, 0.25) is 5.91 Å². The standard InChI is InChI=1S/C22H25N5O3S/c1-15-12-26(7-2-8-30-15)16-3-4-20-19(9-16)18(5-6-24-20)22(29)25-11-21(28)27-14-31-13-17(27)10-23/h3-6,9,15,17H,2,7-8,11-14H2,1H3,(H,25,29). The fourth-order valence-corrected chi connectivity index (χ4v) is 5.01. The molecule has 2 atom stereocenters. The third-order valence-corrected chi connectivity index (χ3v) is 6.55. The van der Waals surface area contributed by atoms with Crippen LogP contribution >= 0.6 is 11.8 Å². The van der Waals surface area contributed by atoms with Gasteiger partial charge < -0.3 is 19.9 Å². The number of aromatic nitrogens is 1. The predicted octanol–water partition coefficient (Wildman–Crippen LogP) is 2.00. The van der Waals surface area contributed by atoms with Crippen molar-refractivity contribution in [1.29, 1.82) is 5.26 Å². The van der Waals surface area contributed by atoms with E-state index >= 15 is 0 Å². The lowest BCUT2D eigenvalue weighted by Gasteiger charge is -2.24. The number of amides is 2. The molecule has 31 heavy (non-hydrogen) atoms. The summed E-state index contributed by atoms with van der Waals surface area (Å²) in [6.45, 7) is 4.35. The Bertz CT molecular complexity index is 1020. The number of pyridine rings is 1. The molecule has 2 aliphatic heterocycles. The number of hydrogen-bond acceptors (Lipinski definition) is 7. The van der Waals surface area contributed by atoms with Crippen molar-refractivity contribution in [2.75, 3.05) is 42.8 Å². The van der Waals surface area contributed by atoms with Gasteiger partial charge in [0.15, 0.2) is 0 Å². The Labute approximate surface area is 185 Å². The molecule has 1 aromatic heterocycles. The van der Waals surface area contributed by atoms with Crippen molar-refractivity contribution < 1.29 is 14.3 Å². The molecule has 3 heterocycles. The van der Waals surface area contributed by atoms with E-state index in [9.17, 15) is 9.59 Å². The maximum Gasteiger partial charge on any atom is 0.252 e. The Kier molecular flexibility index (Phi) is 6.59. The predicted molar refractivity (Wildman–Crippen MR) is 120 cm³/mol. The minimum atomic E-state index is -0.432. The number of nitrogens with one attached hydrogen (secondary N) is 1. The minimum Gasteiger partial charge on any atom is -0.377 e. The van der Waals surface area contributed by atoms with Gasteiger partial charge in [-0.05, 0) is 37.6 Å². The van der Waals surface area contributed by atoms with Crippen LogP contribution in [0.1, 0.15) is 23.7 Å². The Morgan fingerprint density at radius 2 is 2.26 bits per heavy atom. The van der Waals surface area contributed by atoms with E-state index in [1.54, 1.807) is 24.0 Å². The number of thioether (sulfide) groups is 1. The summed E-state index contributed by atoms with van der Waals surface area (Å²) in [7, 11) is 0. The highest BCUT2D eigenvalue weighted by molar-refractivity contribution is 7.99. The van der Waals surface area contributed by atoms with E-state index in [1.807, 2.05) is 18.2 Å². The molecule has 0 bridgehead atoms. The molecule has 0 saturated carbocycles. The van der Waals surface area contributed by atoms with E-state index in [2.05, 4.69) is 28.2 Å². The van der Waals surface area contributed by atoms with E-state index in [0.717, 1.165) is 42.7 Å². The molecular weight excluding hydrogens is 414 g/mol.